The molecule has 1 rings (SSSR count). The molecule has 1 aromatic carbocycles. The lowest BCUT2D eigenvalue weighted by Gasteiger charge is -2.31. The van der Waals surface area contributed by atoms with E-state index < -0.39 is 0 Å². The molecule has 160 valence electrons. The molecule has 0 saturated carbocycles. The van der Waals surface area contributed by atoms with Crippen molar-refractivity contribution in [2.45, 2.75) is 84.1 Å². The molecule has 4 heteroatoms. The fourth-order valence-corrected chi connectivity index (χ4v) is 3.76. The lowest BCUT2D eigenvalue weighted by atomic mass is 10.0. The number of nitrogens with two attached hydrogens (primary N) is 1. The normalized spacial score (nSPS) is 12.7. The van der Waals surface area contributed by atoms with Crippen molar-refractivity contribution in [1.29, 1.82) is 0 Å². The van der Waals surface area contributed by atoms with Gasteiger partial charge in [-0.2, -0.15) is 0 Å². The lowest BCUT2D eigenvalue weighted by molar-refractivity contribution is -0.890. The van der Waals surface area contributed by atoms with Crippen LogP contribution in [0.25, 0.3) is 0 Å². The van der Waals surface area contributed by atoms with Crippen molar-refractivity contribution in [2.75, 3.05) is 32.9 Å². The highest BCUT2D eigenvalue weighted by Gasteiger charge is 2.19. The first-order chi connectivity index (χ1) is 13.4. The van der Waals surface area contributed by atoms with E-state index >= 15 is 0 Å². The first-order valence-electron chi connectivity index (χ1n) is 11.4. The molecule has 1 amide bonds. The van der Waals surface area contributed by atoms with Crippen LogP contribution in [0.15, 0.2) is 24.3 Å². The van der Waals surface area contributed by atoms with Crippen molar-refractivity contribution in [3.63, 3.8) is 0 Å². The van der Waals surface area contributed by atoms with Gasteiger partial charge in [-0.15, -0.1) is 0 Å². The van der Waals surface area contributed by atoms with Crippen LogP contribution in [0, 0.1) is 0 Å². The molecule has 0 fully saturated rings. The Balaban J connectivity index is 2.53. The minimum absolute atomic E-state index is 0.0220. The smallest absolute Gasteiger partial charge is 0.251 e. The van der Waals surface area contributed by atoms with Crippen LogP contribution in [0.1, 0.15) is 88.4 Å². The average molecular weight is 391 g/mol. The Labute approximate surface area is 173 Å². The molecule has 0 aliphatic carbocycles. The van der Waals surface area contributed by atoms with E-state index in [-0.39, 0.29) is 11.9 Å². The molecule has 4 nitrogen and oxygen atoms in total. The molecule has 28 heavy (non-hydrogen) atoms. The maximum atomic E-state index is 12.7. The molecular formula is C24H44N3O+. The Hall–Kier alpha value is -1.55. The molecule has 1 atom stereocenters. The van der Waals surface area contributed by atoms with Crippen molar-refractivity contribution in [3.8, 4) is 0 Å². The van der Waals surface area contributed by atoms with Crippen LogP contribution in [0.2, 0.25) is 0 Å². The Kier molecular flexibility index (Phi) is 11.9. The number of nitrogen functional groups attached to an aromatic ring is 1. The molecule has 0 heterocycles. The van der Waals surface area contributed by atoms with Crippen LogP contribution in [0.4, 0.5) is 5.69 Å². The van der Waals surface area contributed by atoms with E-state index in [4.69, 9.17) is 5.73 Å². The first kappa shape index (κ1) is 24.5. The van der Waals surface area contributed by atoms with E-state index in [2.05, 4.69) is 33.3 Å². The number of nitrogens with one attached hydrogen (secondary N) is 1. The number of anilines is 1. The van der Waals surface area contributed by atoms with E-state index in [9.17, 15) is 4.79 Å². The summed E-state index contributed by atoms with van der Waals surface area (Å²) in [6, 6.07) is 7.46. The third-order valence-electron chi connectivity index (χ3n) is 5.58. The zero-order chi connectivity index (χ0) is 20.8. The first-order valence-corrected chi connectivity index (χ1v) is 11.4. The molecule has 3 N–H and O–H groups in total. The van der Waals surface area contributed by atoms with Crippen molar-refractivity contribution in [1.82, 2.24) is 5.32 Å². The highest BCUT2D eigenvalue weighted by atomic mass is 16.1. The molecule has 0 aromatic heterocycles. The summed E-state index contributed by atoms with van der Waals surface area (Å²) in [6.45, 7) is 6.76. The van der Waals surface area contributed by atoms with Gasteiger partial charge in [0.05, 0.1) is 27.2 Å². The second-order valence-electron chi connectivity index (χ2n) is 8.87. The van der Waals surface area contributed by atoms with Crippen LogP contribution < -0.4 is 11.1 Å². The number of hydrogen-bond acceptors (Lipinski definition) is 2. The summed E-state index contributed by atoms with van der Waals surface area (Å²) in [7, 11) is 4.58. The summed E-state index contributed by atoms with van der Waals surface area (Å²) in [5.41, 5.74) is 7.13. The predicted molar refractivity (Wildman–Crippen MR) is 121 cm³/mol. The number of carbonyl (C=O) groups excluding carboxylic acids is 1. The van der Waals surface area contributed by atoms with Gasteiger partial charge in [0, 0.05) is 23.7 Å². The van der Waals surface area contributed by atoms with Crippen molar-refractivity contribution in [3.05, 3.63) is 29.8 Å². The van der Waals surface area contributed by atoms with Crippen molar-refractivity contribution >= 4 is 11.6 Å². The van der Waals surface area contributed by atoms with Crippen LogP contribution in [0.5, 0.6) is 0 Å². The van der Waals surface area contributed by atoms with Gasteiger partial charge in [-0.05, 0) is 37.1 Å². The maximum absolute atomic E-state index is 12.7. The van der Waals surface area contributed by atoms with Gasteiger partial charge in [-0.25, -0.2) is 0 Å². The number of quaternary nitrogens is 1. The minimum atomic E-state index is 0.0220. The van der Waals surface area contributed by atoms with E-state index in [1.165, 1.54) is 57.9 Å². The predicted octanol–water partition coefficient (Wildman–Crippen LogP) is 5.38. The summed E-state index contributed by atoms with van der Waals surface area (Å²) < 4.78 is 1.02. The summed E-state index contributed by atoms with van der Waals surface area (Å²) in [5.74, 6) is 0.0220. The second kappa shape index (κ2) is 13.6. The topological polar surface area (TPSA) is 55.1 Å². The highest BCUT2D eigenvalue weighted by Crippen LogP contribution is 2.14. The molecular weight excluding hydrogens is 346 g/mol. The van der Waals surface area contributed by atoms with Crippen LogP contribution in [-0.4, -0.2) is 43.6 Å². The summed E-state index contributed by atoms with van der Waals surface area (Å²) in [4.78, 5) is 12.7. The van der Waals surface area contributed by atoms with Gasteiger partial charge < -0.3 is 15.5 Å². The zero-order valence-corrected chi connectivity index (χ0v) is 18.8. The van der Waals surface area contributed by atoms with Gasteiger partial charge in [-0.3, -0.25) is 4.79 Å². The molecule has 0 saturated heterocycles. The van der Waals surface area contributed by atoms with E-state index in [0.717, 1.165) is 23.9 Å². The molecule has 0 aliphatic rings. The van der Waals surface area contributed by atoms with Crippen molar-refractivity contribution in [2.24, 2.45) is 0 Å². The minimum Gasteiger partial charge on any atom is -0.399 e. The Morgan fingerprint density at radius 2 is 1.50 bits per heavy atom. The fourth-order valence-electron chi connectivity index (χ4n) is 3.76. The molecule has 1 unspecified atom stereocenters. The number of hydrogen-bond donors (Lipinski definition) is 2. The number of nitrogens with zero attached hydrogens (tertiary/aromatic N) is 1. The number of unbranched alkanes of at least 4 members (excludes halogenated alkanes) is 6. The Bertz CT molecular complexity index is 539. The van der Waals surface area contributed by atoms with Gasteiger partial charge in [0.15, 0.2) is 0 Å². The van der Waals surface area contributed by atoms with E-state index in [1.807, 2.05) is 12.1 Å². The number of rotatable bonds is 15. The summed E-state index contributed by atoms with van der Waals surface area (Å²) in [6.07, 6.45) is 12.4. The summed E-state index contributed by atoms with van der Waals surface area (Å²) >= 11 is 0. The quantitative estimate of drug-likeness (QED) is 0.240. The van der Waals surface area contributed by atoms with Gasteiger partial charge in [0.25, 0.3) is 5.91 Å². The Morgan fingerprint density at radius 1 is 0.893 bits per heavy atom. The molecule has 1 aromatic rings. The SMILES string of the molecule is CCCCCCCCCC(CC[N+](C)(C)CCC)NC(=O)c1ccc(N)cc1. The van der Waals surface area contributed by atoms with Crippen LogP contribution >= 0.6 is 0 Å². The molecule has 0 spiro atoms. The monoisotopic (exact) mass is 390 g/mol. The molecule has 0 radical (unpaired) electrons. The Morgan fingerprint density at radius 3 is 2.11 bits per heavy atom. The van der Waals surface area contributed by atoms with Gasteiger partial charge >= 0.3 is 0 Å². The zero-order valence-electron chi connectivity index (χ0n) is 18.8. The number of benzene rings is 1. The highest BCUT2D eigenvalue weighted by molar-refractivity contribution is 5.94. The number of amides is 1. The largest absolute Gasteiger partial charge is 0.399 e. The summed E-state index contributed by atoms with van der Waals surface area (Å²) in [5, 5.41) is 3.29. The van der Waals surface area contributed by atoms with Gasteiger partial charge in [-0.1, -0.05) is 58.8 Å². The fraction of sp³-hybridized carbons (Fsp3) is 0.708. The molecule has 0 bridgehead atoms. The van der Waals surface area contributed by atoms with Crippen LogP contribution in [0.3, 0.4) is 0 Å². The van der Waals surface area contributed by atoms with E-state index in [0.29, 0.717) is 11.3 Å². The van der Waals surface area contributed by atoms with Gasteiger partial charge in [0.2, 0.25) is 0 Å². The standard InChI is InChI=1S/C24H43N3O/c1-5-7-8-9-10-11-12-13-23(18-20-27(3,4)19-6-2)26-24(28)21-14-16-22(25)17-15-21/h14-17,23H,5-13,18-20H2,1-4H3,(H2-,25,26,28)/p+1. The van der Waals surface area contributed by atoms with Crippen molar-refractivity contribution < 1.29 is 9.28 Å². The van der Waals surface area contributed by atoms with E-state index in [1.54, 1.807) is 12.1 Å². The third kappa shape index (κ3) is 10.7. The van der Waals surface area contributed by atoms with Gasteiger partial charge in [0.1, 0.15) is 0 Å². The number of carbonyl (C=O) groups is 1. The lowest BCUT2D eigenvalue weighted by Crippen LogP contribution is -2.45. The second-order valence-corrected chi connectivity index (χ2v) is 8.87. The maximum Gasteiger partial charge on any atom is 0.251 e. The third-order valence-corrected chi connectivity index (χ3v) is 5.58. The average Bonchev–Trinajstić information content (AvgIpc) is 2.65. The molecule has 0 aliphatic heterocycles. The van der Waals surface area contributed by atoms with Crippen LogP contribution in [-0.2, 0) is 0 Å².